The molecule has 0 aliphatic rings. The van der Waals surface area contributed by atoms with E-state index >= 15 is 0 Å². The van der Waals surface area contributed by atoms with Gasteiger partial charge in [-0.3, -0.25) is 4.79 Å². The van der Waals surface area contributed by atoms with E-state index in [1.54, 1.807) is 37.5 Å². The van der Waals surface area contributed by atoms with Gasteiger partial charge in [-0.2, -0.15) is 0 Å². The zero-order valence-electron chi connectivity index (χ0n) is 11.9. The van der Waals surface area contributed by atoms with Gasteiger partial charge in [0.25, 0.3) is 5.91 Å². The highest BCUT2D eigenvalue weighted by molar-refractivity contribution is 6.30. The van der Waals surface area contributed by atoms with Crippen LogP contribution in [0.25, 0.3) is 11.3 Å². The first-order valence-corrected chi connectivity index (χ1v) is 7.18. The Morgan fingerprint density at radius 3 is 2.68 bits per heavy atom. The first-order valence-electron chi connectivity index (χ1n) is 6.80. The molecule has 0 radical (unpaired) electrons. The number of amides is 1. The quantitative estimate of drug-likeness (QED) is 0.774. The Hall–Kier alpha value is -2.46. The Kier molecular flexibility index (Phi) is 4.02. The number of nitrogens with one attached hydrogen (secondary N) is 1. The van der Waals surface area contributed by atoms with Crippen molar-refractivity contribution >= 4 is 17.5 Å². The first-order chi connectivity index (χ1) is 10.6. The smallest absolute Gasteiger partial charge is 0.255 e. The normalized spacial score (nSPS) is 10.6. The van der Waals surface area contributed by atoms with Gasteiger partial charge in [0, 0.05) is 10.6 Å². The van der Waals surface area contributed by atoms with E-state index in [4.69, 9.17) is 20.4 Å². The van der Waals surface area contributed by atoms with Gasteiger partial charge < -0.3 is 14.2 Å². The lowest BCUT2D eigenvalue weighted by Crippen LogP contribution is -2.22. The number of halogens is 1. The van der Waals surface area contributed by atoms with Crippen molar-refractivity contribution in [2.24, 2.45) is 0 Å². The number of carbonyl (C=O) groups excluding carboxylic acids is 1. The third-order valence-electron chi connectivity index (χ3n) is 3.29. The fourth-order valence-electron chi connectivity index (χ4n) is 2.14. The van der Waals surface area contributed by atoms with Crippen molar-refractivity contribution in [3.63, 3.8) is 0 Å². The molecule has 0 bridgehead atoms. The van der Waals surface area contributed by atoms with Crippen molar-refractivity contribution in [1.29, 1.82) is 0 Å². The van der Waals surface area contributed by atoms with Crippen LogP contribution in [-0.4, -0.2) is 5.91 Å². The van der Waals surface area contributed by atoms with E-state index in [0.29, 0.717) is 34.4 Å². The molecule has 0 unspecified atom stereocenters. The van der Waals surface area contributed by atoms with E-state index in [0.717, 1.165) is 5.56 Å². The minimum atomic E-state index is -0.196. The molecule has 0 aliphatic heterocycles. The zero-order chi connectivity index (χ0) is 15.5. The van der Waals surface area contributed by atoms with E-state index in [2.05, 4.69) is 5.32 Å². The van der Waals surface area contributed by atoms with Crippen LogP contribution in [0.3, 0.4) is 0 Å². The molecule has 3 aromatic rings. The highest BCUT2D eigenvalue weighted by Crippen LogP contribution is 2.26. The molecule has 5 heteroatoms. The van der Waals surface area contributed by atoms with Crippen LogP contribution in [0.2, 0.25) is 5.02 Å². The highest BCUT2D eigenvalue weighted by atomic mass is 35.5. The van der Waals surface area contributed by atoms with Gasteiger partial charge in [-0.25, -0.2) is 0 Å². The zero-order valence-corrected chi connectivity index (χ0v) is 12.7. The average molecular weight is 316 g/mol. The van der Waals surface area contributed by atoms with Crippen LogP contribution in [-0.2, 0) is 6.54 Å². The second-order valence-electron chi connectivity index (χ2n) is 4.85. The van der Waals surface area contributed by atoms with Crippen molar-refractivity contribution < 1.29 is 13.6 Å². The van der Waals surface area contributed by atoms with Crippen molar-refractivity contribution in [2.75, 3.05) is 0 Å². The Morgan fingerprint density at radius 1 is 1.23 bits per heavy atom. The van der Waals surface area contributed by atoms with Gasteiger partial charge >= 0.3 is 0 Å². The maximum Gasteiger partial charge on any atom is 0.255 e. The number of rotatable bonds is 4. The van der Waals surface area contributed by atoms with Crippen molar-refractivity contribution in [2.45, 2.75) is 13.5 Å². The summed E-state index contributed by atoms with van der Waals surface area (Å²) < 4.78 is 10.9. The third kappa shape index (κ3) is 3.07. The number of hydrogen-bond acceptors (Lipinski definition) is 3. The first kappa shape index (κ1) is 14.5. The molecule has 2 heterocycles. The standard InChI is InChI=1S/C17H14ClNO3/c1-11-15(17(20)19-10-14-3-2-8-21-14)9-16(22-11)12-4-6-13(18)7-5-12/h2-9H,10H2,1H3,(H,19,20). The van der Waals surface area contributed by atoms with Crippen molar-refractivity contribution in [3.8, 4) is 11.3 Å². The molecule has 1 N–H and O–H groups in total. The molecular formula is C17H14ClNO3. The van der Waals surface area contributed by atoms with Gasteiger partial charge in [-0.15, -0.1) is 0 Å². The fourth-order valence-corrected chi connectivity index (χ4v) is 2.27. The monoisotopic (exact) mass is 315 g/mol. The molecule has 0 spiro atoms. The van der Waals surface area contributed by atoms with Crippen LogP contribution in [0.15, 0.2) is 57.6 Å². The predicted octanol–water partition coefficient (Wildman–Crippen LogP) is 4.43. The summed E-state index contributed by atoms with van der Waals surface area (Å²) in [6.07, 6.45) is 1.57. The Balaban J connectivity index is 1.76. The van der Waals surface area contributed by atoms with Crippen LogP contribution in [0.1, 0.15) is 21.9 Å². The molecule has 0 aliphatic carbocycles. The number of benzene rings is 1. The number of hydrogen-bond donors (Lipinski definition) is 1. The van der Waals surface area contributed by atoms with Crippen molar-refractivity contribution in [3.05, 3.63) is 70.8 Å². The summed E-state index contributed by atoms with van der Waals surface area (Å²) >= 11 is 5.87. The second-order valence-corrected chi connectivity index (χ2v) is 5.29. The lowest BCUT2D eigenvalue weighted by Gasteiger charge is -2.01. The summed E-state index contributed by atoms with van der Waals surface area (Å²) in [6, 6.07) is 12.6. The Bertz CT molecular complexity index is 773. The van der Waals surface area contributed by atoms with Crippen LogP contribution >= 0.6 is 11.6 Å². The lowest BCUT2D eigenvalue weighted by atomic mass is 10.1. The van der Waals surface area contributed by atoms with Gasteiger partial charge in [0.1, 0.15) is 17.3 Å². The lowest BCUT2D eigenvalue weighted by molar-refractivity contribution is 0.0946. The highest BCUT2D eigenvalue weighted by Gasteiger charge is 2.16. The molecule has 0 atom stereocenters. The Morgan fingerprint density at radius 2 is 2.00 bits per heavy atom. The molecule has 1 aromatic carbocycles. The molecule has 22 heavy (non-hydrogen) atoms. The molecule has 112 valence electrons. The van der Waals surface area contributed by atoms with Crippen molar-refractivity contribution in [1.82, 2.24) is 5.32 Å². The molecule has 0 fully saturated rings. The van der Waals surface area contributed by atoms with Gasteiger partial charge in [0.2, 0.25) is 0 Å². The van der Waals surface area contributed by atoms with E-state index < -0.39 is 0 Å². The minimum Gasteiger partial charge on any atom is -0.467 e. The van der Waals surface area contributed by atoms with Gasteiger partial charge in [-0.1, -0.05) is 11.6 Å². The third-order valence-corrected chi connectivity index (χ3v) is 3.55. The number of carbonyl (C=O) groups is 1. The fraction of sp³-hybridized carbons (Fsp3) is 0.118. The predicted molar refractivity (Wildman–Crippen MR) is 83.8 cm³/mol. The summed E-state index contributed by atoms with van der Waals surface area (Å²) in [6.45, 7) is 2.11. The molecule has 0 saturated carbocycles. The molecule has 3 rings (SSSR count). The molecule has 1 amide bonds. The molecule has 4 nitrogen and oxygen atoms in total. The van der Waals surface area contributed by atoms with Crippen LogP contribution < -0.4 is 5.32 Å². The summed E-state index contributed by atoms with van der Waals surface area (Å²) in [5.41, 5.74) is 1.38. The summed E-state index contributed by atoms with van der Waals surface area (Å²) in [5, 5.41) is 3.46. The topological polar surface area (TPSA) is 55.4 Å². The largest absolute Gasteiger partial charge is 0.467 e. The Labute approximate surface area is 132 Å². The molecular weight excluding hydrogens is 302 g/mol. The van der Waals surface area contributed by atoms with E-state index in [9.17, 15) is 4.79 Å². The van der Waals surface area contributed by atoms with Gasteiger partial charge in [0.15, 0.2) is 0 Å². The van der Waals surface area contributed by atoms with Crippen LogP contribution in [0, 0.1) is 6.92 Å². The van der Waals surface area contributed by atoms with Gasteiger partial charge in [0.05, 0.1) is 18.4 Å². The van der Waals surface area contributed by atoms with E-state index in [1.807, 2.05) is 18.2 Å². The van der Waals surface area contributed by atoms with Gasteiger partial charge in [-0.05, 0) is 49.4 Å². The summed E-state index contributed by atoms with van der Waals surface area (Å²) in [7, 11) is 0. The maximum atomic E-state index is 12.2. The molecule has 2 aromatic heterocycles. The molecule has 0 saturated heterocycles. The maximum absolute atomic E-state index is 12.2. The summed E-state index contributed by atoms with van der Waals surface area (Å²) in [4.78, 5) is 12.2. The minimum absolute atomic E-state index is 0.196. The van der Waals surface area contributed by atoms with Crippen LogP contribution in [0.4, 0.5) is 0 Å². The summed E-state index contributed by atoms with van der Waals surface area (Å²) in [5.74, 6) is 1.71. The average Bonchev–Trinajstić information content (AvgIpc) is 3.15. The van der Waals surface area contributed by atoms with E-state index in [-0.39, 0.29) is 5.91 Å². The second kappa shape index (κ2) is 6.12. The SMILES string of the molecule is Cc1oc(-c2ccc(Cl)cc2)cc1C(=O)NCc1ccco1. The number of aryl methyl sites for hydroxylation is 1. The van der Waals surface area contributed by atoms with E-state index in [1.165, 1.54) is 0 Å². The number of furan rings is 2. The van der Waals surface area contributed by atoms with Crippen LogP contribution in [0.5, 0.6) is 0 Å².